The van der Waals surface area contributed by atoms with Gasteiger partial charge in [-0.2, -0.15) is 5.10 Å². The van der Waals surface area contributed by atoms with Gasteiger partial charge >= 0.3 is 0 Å². The highest BCUT2D eigenvalue weighted by Gasteiger charge is 2.09. The van der Waals surface area contributed by atoms with Gasteiger partial charge in [0.2, 0.25) is 0 Å². The van der Waals surface area contributed by atoms with Crippen molar-refractivity contribution in [1.29, 1.82) is 0 Å². The molecule has 0 aliphatic carbocycles. The number of nitrogens with zero attached hydrogens (tertiary/aromatic N) is 1. The van der Waals surface area contributed by atoms with Crippen molar-refractivity contribution in [3.8, 4) is 0 Å². The molecular formula is C13H14N2O2S. The molecule has 2 rings (SSSR count). The molecule has 1 amide bonds. The number of rotatable bonds is 3. The van der Waals surface area contributed by atoms with Gasteiger partial charge in [-0.15, -0.1) is 11.3 Å². The third kappa shape index (κ3) is 2.68. The van der Waals surface area contributed by atoms with Gasteiger partial charge in [-0.25, -0.2) is 5.43 Å². The van der Waals surface area contributed by atoms with E-state index in [1.807, 2.05) is 38.3 Å². The molecule has 2 aromatic heterocycles. The maximum atomic E-state index is 11.7. The number of hydrazone groups is 1. The predicted octanol–water partition coefficient (Wildman–Crippen LogP) is 3.11. The summed E-state index contributed by atoms with van der Waals surface area (Å²) in [6.07, 6.45) is 0. The van der Waals surface area contributed by atoms with Gasteiger partial charge in [0.15, 0.2) is 0 Å². The van der Waals surface area contributed by atoms with Gasteiger partial charge in [-0.05, 0) is 38.3 Å². The van der Waals surface area contributed by atoms with E-state index in [9.17, 15) is 4.79 Å². The van der Waals surface area contributed by atoms with Crippen LogP contribution in [0, 0.1) is 13.8 Å². The summed E-state index contributed by atoms with van der Waals surface area (Å²) in [7, 11) is 0. The van der Waals surface area contributed by atoms with Crippen LogP contribution in [0.25, 0.3) is 0 Å². The van der Waals surface area contributed by atoms with Crippen molar-refractivity contribution >= 4 is 23.0 Å². The fraction of sp³-hybridized carbons (Fsp3) is 0.231. The van der Waals surface area contributed by atoms with E-state index in [1.54, 1.807) is 6.07 Å². The third-order valence-electron chi connectivity index (χ3n) is 2.50. The Labute approximate surface area is 109 Å². The highest BCUT2D eigenvalue weighted by atomic mass is 32.1. The number of aryl methyl sites for hydroxylation is 2. The summed E-state index contributed by atoms with van der Waals surface area (Å²) in [5.41, 5.74) is 4.18. The lowest BCUT2D eigenvalue weighted by molar-refractivity contribution is 0.0959. The summed E-state index contributed by atoms with van der Waals surface area (Å²) in [4.78, 5) is 12.3. The summed E-state index contributed by atoms with van der Waals surface area (Å²) < 4.78 is 5.42. The number of thiophene rings is 1. The topological polar surface area (TPSA) is 54.6 Å². The van der Waals surface area contributed by atoms with Crippen molar-refractivity contribution < 1.29 is 9.21 Å². The van der Waals surface area contributed by atoms with Crippen LogP contribution in [0.4, 0.5) is 0 Å². The second-order valence-corrected chi connectivity index (χ2v) is 4.89. The van der Waals surface area contributed by atoms with E-state index in [-0.39, 0.29) is 5.91 Å². The standard InChI is InChI=1S/C13H14N2O2S/c1-8-7-11(10(3)17-8)9(2)14-15-13(16)12-5-4-6-18-12/h4-7H,1-3H3,(H,15,16)/b14-9-. The highest BCUT2D eigenvalue weighted by molar-refractivity contribution is 7.12. The molecule has 0 saturated heterocycles. The summed E-state index contributed by atoms with van der Waals surface area (Å²) >= 11 is 1.39. The minimum absolute atomic E-state index is 0.192. The molecule has 94 valence electrons. The number of hydrogen-bond donors (Lipinski definition) is 1. The predicted molar refractivity (Wildman–Crippen MR) is 72.2 cm³/mol. The lowest BCUT2D eigenvalue weighted by Gasteiger charge is -2.00. The van der Waals surface area contributed by atoms with Crippen LogP contribution in [0.15, 0.2) is 33.1 Å². The Morgan fingerprint density at radius 3 is 2.78 bits per heavy atom. The van der Waals surface area contributed by atoms with Crippen LogP contribution >= 0.6 is 11.3 Å². The van der Waals surface area contributed by atoms with Crippen LogP contribution in [-0.2, 0) is 0 Å². The number of furan rings is 1. The van der Waals surface area contributed by atoms with Gasteiger partial charge < -0.3 is 4.42 Å². The molecule has 0 atom stereocenters. The van der Waals surface area contributed by atoms with Crippen LogP contribution in [0.3, 0.4) is 0 Å². The third-order valence-corrected chi connectivity index (χ3v) is 3.37. The molecule has 4 nitrogen and oxygen atoms in total. The lowest BCUT2D eigenvalue weighted by atomic mass is 10.2. The number of hydrogen-bond acceptors (Lipinski definition) is 4. The number of carbonyl (C=O) groups is 1. The highest BCUT2D eigenvalue weighted by Crippen LogP contribution is 2.14. The number of amides is 1. The monoisotopic (exact) mass is 262 g/mol. The molecule has 18 heavy (non-hydrogen) atoms. The van der Waals surface area contributed by atoms with Gasteiger partial charge in [0.05, 0.1) is 10.6 Å². The van der Waals surface area contributed by atoms with Crippen molar-refractivity contribution in [3.63, 3.8) is 0 Å². The maximum Gasteiger partial charge on any atom is 0.281 e. The molecule has 0 aliphatic heterocycles. The second-order valence-electron chi connectivity index (χ2n) is 3.94. The quantitative estimate of drug-likeness (QED) is 0.682. The molecule has 0 bridgehead atoms. The van der Waals surface area contributed by atoms with Crippen molar-refractivity contribution in [2.45, 2.75) is 20.8 Å². The average molecular weight is 262 g/mol. The molecule has 0 aliphatic rings. The Morgan fingerprint density at radius 1 is 1.44 bits per heavy atom. The maximum absolute atomic E-state index is 11.7. The Balaban J connectivity index is 2.10. The van der Waals surface area contributed by atoms with E-state index < -0.39 is 0 Å². The van der Waals surface area contributed by atoms with Crippen LogP contribution in [0.1, 0.15) is 33.7 Å². The van der Waals surface area contributed by atoms with Crippen LogP contribution in [0.2, 0.25) is 0 Å². The molecule has 2 heterocycles. The first kappa shape index (κ1) is 12.6. The van der Waals surface area contributed by atoms with Crippen molar-refractivity contribution in [2.75, 3.05) is 0 Å². The number of carbonyl (C=O) groups excluding carboxylic acids is 1. The van der Waals surface area contributed by atoms with Crippen molar-refractivity contribution in [3.05, 3.63) is 45.5 Å². The van der Waals surface area contributed by atoms with Crippen molar-refractivity contribution in [2.24, 2.45) is 5.10 Å². The zero-order valence-corrected chi connectivity index (χ0v) is 11.3. The molecule has 0 unspecified atom stereocenters. The van der Waals surface area contributed by atoms with Crippen LogP contribution < -0.4 is 5.43 Å². The second kappa shape index (κ2) is 5.18. The zero-order valence-electron chi connectivity index (χ0n) is 10.5. The SMILES string of the molecule is C/C(=N/NC(=O)c1cccs1)c1cc(C)oc1C. The molecule has 0 saturated carbocycles. The Morgan fingerprint density at radius 2 is 2.22 bits per heavy atom. The summed E-state index contributed by atoms with van der Waals surface area (Å²) in [5.74, 6) is 1.45. The van der Waals surface area contributed by atoms with Crippen molar-refractivity contribution in [1.82, 2.24) is 5.43 Å². The molecule has 2 aromatic rings. The molecule has 0 fully saturated rings. The van der Waals surface area contributed by atoms with Gasteiger partial charge in [0.25, 0.3) is 5.91 Å². The smallest absolute Gasteiger partial charge is 0.281 e. The zero-order chi connectivity index (χ0) is 13.1. The molecule has 1 N–H and O–H groups in total. The number of nitrogens with one attached hydrogen (secondary N) is 1. The molecular weight excluding hydrogens is 248 g/mol. The van der Waals surface area contributed by atoms with Gasteiger partial charge in [-0.1, -0.05) is 6.07 Å². The summed E-state index contributed by atoms with van der Waals surface area (Å²) in [6, 6.07) is 5.50. The summed E-state index contributed by atoms with van der Waals surface area (Å²) in [5, 5.41) is 5.94. The first-order valence-electron chi connectivity index (χ1n) is 5.53. The molecule has 5 heteroatoms. The van der Waals surface area contributed by atoms with E-state index in [0.717, 1.165) is 22.8 Å². The van der Waals surface area contributed by atoms with Gasteiger partial charge in [0.1, 0.15) is 11.5 Å². The van der Waals surface area contributed by atoms with E-state index in [1.165, 1.54) is 11.3 Å². The molecule has 0 spiro atoms. The first-order chi connectivity index (χ1) is 8.58. The van der Waals surface area contributed by atoms with Gasteiger partial charge in [-0.3, -0.25) is 4.79 Å². The molecule has 0 aromatic carbocycles. The van der Waals surface area contributed by atoms with E-state index >= 15 is 0 Å². The van der Waals surface area contributed by atoms with Gasteiger partial charge in [0, 0.05) is 5.56 Å². The minimum atomic E-state index is -0.192. The fourth-order valence-electron chi connectivity index (χ4n) is 1.65. The normalized spacial score (nSPS) is 11.6. The van der Waals surface area contributed by atoms with Crippen LogP contribution in [0.5, 0.6) is 0 Å². The van der Waals surface area contributed by atoms with E-state index in [4.69, 9.17) is 4.42 Å². The summed E-state index contributed by atoms with van der Waals surface area (Å²) in [6.45, 7) is 5.60. The first-order valence-corrected chi connectivity index (χ1v) is 6.41. The molecule has 0 radical (unpaired) electrons. The Hall–Kier alpha value is -1.88. The van der Waals surface area contributed by atoms with E-state index in [2.05, 4.69) is 10.5 Å². The Kier molecular flexibility index (Phi) is 3.62. The minimum Gasteiger partial charge on any atom is -0.466 e. The fourth-order valence-corrected chi connectivity index (χ4v) is 2.26. The lowest BCUT2D eigenvalue weighted by Crippen LogP contribution is -2.18. The average Bonchev–Trinajstić information content (AvgIpc) is 2.95. The largest absolute Gasteiger partial charge is 0.466 e. The Bertz CT molecular complexity index is 582. The van der Waals surface area contributed by atoms with Crippen LogP contribution in [-0.4, -0.2) is 11.6 Å². The van der Waals surface area contributed by atoms with E-state index in [0.29, 0.717) is 4.88 Å².